The van der Waals surface area contributed by atoms with Crippen molar-refractivity contribution in [1.82, 2.24) is 10.6 Å². The monoisotopic (exact) mass is 630 g/mol. The lowest BCUT2D eigenvalue weighted by molar-refractivity contribution is -0.129. The molecule has 0 saturated carbocycles. The molecule has 0 aromatic rings. The van der Waals surface area contributed by atoms with Crippen molar-refractivity contribution in [2.24, 2.45) is 4.99 Å². The maximum Gasteiger partial charge on any atom is 0.242 e. The predicted octanol–water partition coefficient (Wildman–Crippen LogP) is 11.4. The van der Waals surface area contributed by atoms with E-state index in [9.17, 15) is 9.59 Å². The Hall–Kier alpha value is -1.91. The molecule has 0 aromatic heterocycles. The van der Waals surface area contributed by atoms with Crippen molar-refractivity contribution in [2.75, 3.05) is 13.6 Å². The summed E-state index contributed by atoms with van der Waals surface area (Å²) in [5, 5.41) is 6.16. The van der Waals surface area contributed by atoms with Crippen LogP contribution in [0, 0.1) is 0 Å². The van der Waals surface area contributed by atoms with E-state index in [1.807, 2.05) is 25.2 Å². The molecule has 0 bridgehead atoms. The second-order valence-electron chi connectivity index (χ2n) is 13.1. The fourth-order valence-electron chi connectivity index (χ4n) is 5.89. The van der Waals surface area contributed by atoms with Gasteiger partial charge in [0, 0.05) is 32.6 Å². The van der Waals surface area contributed by atoms with Crippen LogP contribution in [-0.4, -0.2) is 37.7 Å². The van der Waals surface area contributed by atoms with E-state index >= 15 is 0 Å². The predicted molar refractivity (Wildman–Crippen MR) is 198 cm³/mol. The molecule has 0 spiro atoms. The Kier molecular flexibility index (Phi) is 33.5. The van der Waals surface area contributed by atoms with Crippen molar-refractivity contribution >= 4 is 18.0 Å². The van der Waals surface area contributed by atoms with Crippen LogP contribution in [0.4, 0.5) is 0 Å². The summed E-state index contributed by atoms with van der Waals surface area (Å²) in [5.74, 6) is -0.104. The van der Waals surface area contributed by atoms with E-state index < -0.39 is 6.04 Å². The first kappa shape index (κ1) is 43.1. The Labute approximate surface area is 280 Å². The molecule has 0 aliphatic rings. The molecular weight excluding hydrogens is 554 g/mol. The summed E-state index contributed by atoms with van der Waals surface area (Å²) in [4.78, 5) is 30.1. The van der Waals surface area contributed by atoms with Gasteiger partial charge < -0.3 is 10.6 Å². The highest BCUT2D eigenvalue weighted by Gasteiger charge is 2.21. The zero-order valence-electron chi connectivity index (χ0n) is 30.4. The molecule has 5 nitrogen and oxygen atoms in total. The van der Waals surface area contributed by atoms with Gasteiger partial charge in [0.2, 0.25) is 11.8 Å². The number of allylic oxidation sites excluding steroid dienone is 3. The first-order valence-corrected chi connectivity index (χ1v) is 19.4. The topological polar surface area (TPSA) is 70.6 Å². The van der Waals surface area contributed by atoms with E-state index in [2.05, 4.69) is 29.5 Å². The Bertz CT molecular complexity index is 759. The molecule has 1 unspecified atom stereocenters. The standard InChI is InChI=1S/C40H75N3O2/c1-5-8-10-12-14-16-18-19-20-22-24-26-28-30-34-42-40(45)38(36-37(31-7-3)33-35-41-4)43-39(44)32-29-27-25-23-21-17-15-13-11-9-6-2/h7,31,33,35,38H,5-6,8-30,32,34,36H2,1-4H3,(H,42,45)(H,43,44)/b31-7-,37-33+,41-35+. The van der Waals surface area contributed by atoms with Crippen LogP contribution in [0.2, 0.25) is 0 Å². The molecule has 0 aliphatic carbocycles. The molecule has 45 heavy (non-hydrogen) atoms. The number of hydrogen-bond donors (Lipinski definition) is 2. The fraction of sp³-hybridized carbons (Fsp3) is 0.825. The molecule has 0 heterocycles. The third-order valence-corrected chi connectivity index (χ3v) is 8.75. The summed E-state index contributed by atoms with van der Waals surface area (Å²) >= 11 is 0. The molecule has 0 aromatic carbocycles. The second kappa shape index (κ2) is 35.0. The van der Waals surface area contributed by atoms with Gasteiger partial charge in [-0.25, -0.2) is 0 Å². The van der Waals surface area contributed by atoms with Gasteiger partial charge in [0.15, 0.2) is 0 Å². The first-order valence-electron chi connectivity index (χ1n) is 19.4. The summed E-state index contributed by atoms with van der Waals surface area (Å²) in [7, 11) is 1.74. The largest absolute Gasteiger partial charge is 0.354 e. The number of unbranched alkanes of at least 4 members (excludes halogenated alkanes) is 23. The van der Waals surface area contributed by atoms with Crippen molar-refractivity contribution in [3.63, 3.8) is 0 Å². The zero-order chi connectivity index (χ0) is 33.1. The van der Waals surface area contributed by atoms with Gasteiger partial charge in [-0.15, -0.1) is 0 Å². The highest BCUT2D eigenvalue weighted by atomic mass is 16.2. The maximum absolute atomic E-state index is 13.2. The maximum atomic E-state index is 13.2. The number of hydrogen-bond acceptors (Lipinski definition) is 3. The normalized spacial score (nSPS) is 12.8. The minimum atomic E-state index is -0.565. The van der Waals surface area contributed by atoms with Crippen LogP contribution in [0.5, 0.6) is 0 Å². The van der Waals surface area contributed by atoms with Crippen LogP contribution >= 0.6 is 0 Å². The molecule has 0 rings (SSSR count). The molecule has 0 saturated heterocycles. The third kappa shape index (κ3) is 30.5. The van der Waals surface area contributed by atoms with E-state index in [1.165, 1.54) is 135 Å². The molecule has 0 radical (unpaired) electrons. The van der Waals surface area contributed by atoms with Crippen molar-refractivity contribution in [1.29, 1.82) is 0 Å². The highest BCUT2D eigenvalue weighted by molar-refractivity contribution is 5.88. The number of nitrogens with zero attached hydrogens (tertiary/aromatic N) is 1. The van der Waals surface area contributed by atoms with Crippen molar-refractivity contribution in [2.45, 2.75) is 200 Å². The Morgan fingerprint density at radius 2 is 1.04 bits per heavy atom. The summed E-state index contributed by atoms with van der Waals surface area (Å²) in [6.07, 6.45) is 40.9. The lowest BCUT2D eigenvalue weighted by Crippen LogP contribution is -2.47. The van der Waals surface area contributed by atoms with E-state index in [0.717, 1.165) is 31.3 Å². The van der Waals surface area contributed by atoms with Gasteiger partial charge in [-0.3, -0.25) is 14.6 Å². The van der Waals surface area contributed by atoms with E-state index in [0.29, 0.717) is 19.4 Å². The minimum absolute atomic E-state index is 0.0217. The quantitative estimate of drug-likeness (QED) is 0.0431. The lowest BCUT2D eigenvalue weighted by atomic mass is 10.0. The molecule has 2 amide bonds. The van der Waals surface area contributed by atoms with E-state index in [4.69, 9.17) is 0 Å². The SMILES string of the molecule is C\C=C/C(=C\C=N\C)CC(NC(=O)CCCCCCCCCCCCC)C(=O)NCCCCCCCCCCCCCCCC. The van der Waals surface area contributed by atoms with Gasteiger partial charge >= 0.3 is 0 Å². The number of rotatable bonds is 33. The van der Waals surface area contributed by atoms with Crippen LogP contribution in [0.1, 0.15) is 194 Å². The van der Waals surface area contributed by atoms with E-state index in [1.54, 1.807) is 13.3 Å². The summed E-state index contributed by atoms with van der Waals surface area (Å²) in [6.45, 7) is 7.17. The van der Waals surface area contributed by atoms with Crippen LogP contribution in [0.15, 0.2) is 28.8 Å². The van der Waals surface area contributed by atoms with E-state index in [-0.39, 0.29) is 11.8 Å². The van der Waals surface area contributed by atoms with Gasteiger partial charge in [0.1, 0.15) is 6.04 Å². The number of amides is 2. The van der Waals surface area contributed by atoms with Gasteiger partial charge in [-0.2, -0.15) is 0 Å². The summed E-state index contributed by atoms with van der Waals surface area (Å²) in [5.41, 5.74) is 0.981. The third-order valence-electron chi connectivity index (χ3n) is 8.75. The Morgan fingerprint density at radius 3 is 1.47 bits per heavy atom. The molecule has 0 aliphatic heterocycles. The summed E-state index contributed by atoms with van der Waals surface area (Å²) < 4.78 is 0. The lowest BCUT2D eigenvalue weighted by Gasteiger charge is -2.19. The zero-order valence-corrected chi connectivity index (χ0v) is 30.4. The Balaban J connectivity index is 4.32. The van der Waals surface area contributed by atoms with Crippen LogP contribution in [0.25, 0.3) is 0 Å². The molecule has 1 atom stereocenters. The van der Waals surface area contributed by atoms with Crippen LogP contribution < -0.4 is 10.6 Å². The first-order chi connectivity index (χ1) is 22.1. The van der Waals surface area contributed by atoms with Crippen molar-refractivity contribution in [3.05, 3.63) is 23.8 Å². The second-order valence-corrected chi connectivity index (χ2v) is 13.1. The van der Waals surface area contributed by atoms with Gasteiger partial charge in [-0.1, -0.05) is 174 Å². The molecular formula is C40H75N3O2. The van der Waals surface area contributed by atoms with Crippen LogP contribution in [-0.2, 0) is 9.59 Å². The van der Waals surface area contributed by atoms with Crippen LogP contribution in [0.3, 0.4) is 0 Å². The number of carbonyl (C=O) groups excluding carboxylic acids is 2. The van der Waals surface area contributed by atoms with Gasteiger partial charge in [0.05, 0.1) is 0 Å². The average Bonchev–Trinajstić information content (AvgIpc) is 3.03. The Morgan fingerprint density at radius 1 is 0.622 bits per heavy atom. The fourth-order valence-corrected chi connectivity index (χ4v) is 5.89. The average molecular weight is 630 g/mol. The van der Waals surface area contributed by atoms with Crippen molar-refractivity contribution in [3.8, 4) is 0 Å². The summed E-state index contributed by atoms with van der Waals surface area (Å²) in [6, 6.07) is -0.565. The highest BCUT2D eigenvalue weighted by Crippen LogP contribution is 2.14. The van der Waals surface area contributed by atoms with Crippen molar-refractivity contribution < 1.29 is 9.59 Å². The van der Waals surface area contributed by atoms with Gasteiger partial charge in [-0.05, 0) is 31.4 Å². The number of nitrogens with one attached hydrogen (secondary N) is 2. The molecule has 2 N–H and O–H groups in total. The minimum Gasteiger partial charge on any atom is -0.354 e. The molecule has 5 heteroatoms. The number of aliphatic imine (C=N–C) groups is 1. The smallest absolute Gasteiger partial charge is 0.242 e. The molecule has 0 fully saturated rings. The number of carbonyl (C=O) groups is 2. The molecule has 262 valence electrons. The van der Waals surface area contributed by atoms with Gasteiger partial charge in [0.25, 0.3) is 0 Å².